The normalized spacial score (nSPS) is 11.0. The van der Waals surface area contributed by atoms with Gasteiger partial charge in [0.15, 0.2) is 5.16 Å². The maximum absolute atomic E-state index is 13.1. The lowest BCUT2D eigenvalue weighted by Gasteiger charge is -2.20. The van der Waals surface area contributed by atoms with Crippen LogP contribution in [0.3, 0.4) is 0 Å². The minimum atomic E-state index is -0.306. The first-order valence-corrected chi connectivity index (χ1v) is 8.29. The molecule has 0 atom stereocenters. The number of carbonyl (C=O) groups excluding carboxylic acids is 1. The number of thioether (sulfide) groups is 1. The second kappa shape index (κ2) is 6.96. The molecule has 118 valence electrons. The molecule has 0 bridgehead atoms. The number of aromatic nitrogens is 2. The van der Waals surface area contributed by atoms with Crippen LogP contribution in [0, 0.1) is 11.7 Å². The number of hydrogen-bond donors (Lipinski definition) is 0. The Kier molecular flexibility index (Phi) is 5.24. The highest BCUT2D eigenvalue weighted by molar-refractivity contribution is 7.98. The van der Waals surface area contributed by atoms with Gasteiger partial charge in [-0.25, -0.2) is 9.37 Å². The van der Waals surface area contributed by atoms with E-state index < -0.39 is 0 Å². The number of rotatable bonds is 5. The maximum Gasteiger partial charge on any atom is 0.272 e. The first kappa shape index (κ1) is 16.5. The van der Waals surface area contributed by atoms with Crippen molar-refractivity contribution in [2.75, 3.05) is 19.8 Å². The highest BCUT2D eigenvalue weighted by Crippen LogP contribution is 2.23. The molecule has 0 fully saturated rings. The second-order valence-electron chi connectivity index (χ2n) is 5.52. The average Bonchev–Trinajstić information content (AvgIpc) is 2.90. The smallest absolute Gasteiger partial charge is 0.272 e. The quantitative estimate of drug-likeness (QED) is 0.792. The minimum absolute atomic E-state index is 0.0918. The van der Waals surface area contributed by atoms with Crippen molar-refractivity contribution in [3.8, 4) is 5.69 Å². The Morgan fingerprint density at radius 1 is 1.36 bits per heavy atom. The Morgan fingerprint density at radius 3 is 2.55 bits per heavy atom. The molecule has 0 saturated carbocycles. The van der Waals surface area contributed by atoms with Crippen molar-refractivity contribution in [3.63, 3.8) is 0 Å². The third-order valence-electron chi connectivity index (χ3n) is 3.20. The molecule has 0 aliphatic carbocycles. The topological polar surface area (TPSA) is 38.1 Å². The summed E-state index contributed by atoms with van der Waals surface area (Å²) in [5.74, 6) is -0.0126. The van der Waals surface area contributed by atoms with E-state index in [2.05, 4.69) is 18.8 Å². The van der Waals surface area contributed by atoms with E-state index in [1.54, 1.807) is 34.8 Å². The van der Waals surface area contributed by atoms with Gasteiger partial charge in [0.1, 0.15) is 11.5 Å². The van der Waals surface area contributed by atoms with Gasteiger partial charge in [0.2, 0.25) is 0 Å². The molecule has 1 aromatic carbocycles. The highest BCUT2D eigenvalue weighted by Gasteiger charge is 2.21. The van der Waals surface area contributed by atoms with Gasteiger partial charge in [0.25, 0.3) is 5.91 Å². The molecule has 6 heteroatoms. The van der Waals surface area contributed by atoms with Crippen LogP contribution >= 0.6 is 11.8 Å². The first-order chi connectivity index (χ1) is 10.4. The number of nitrogens with zero attached hydrogens (tertiary/aromatic N) is 3. The fourth-order valence-corrected chi connectivity index (χ4v) is 2.84. The predicted molar refractivity (Wildman–Crippen MR) is 87.1 cm³/mol. The molecule has 4 nitrogen and oxygen atoms in total. The van der Waals surface area contributed by atoms with Crippen LogP contribution in [-0.2, 0) is 0 Å². The molecule has 22 heavy (non-hydrogen) atoms. The summed E-state index contributed by atoms with van der Waals surface area (Å²) in [6.07, 6.45) is 3.47. The molecule has 0 unspecified atom stereocenters. The Bertz CT molecular complexity index is 652. The van der Waals surface area contributed by atoms with Crippen molar-refractivity contribution >= 4 is 17.7 Å². The van der Waals surface area contributed by atoms with Crippen molar-refractivity contribution in [1.82, 2.24) is 14.5 Å². The minimum Gasteiger partial charge on any atom is -0.340 e. The van der Waals surface area contributed by atoms with Crippen LogP contribution in [0.2, 0.25) is 0 Å². The molecule has 0 aliphatic rings. The van der Waals surface area contributed by atoms with Crippen molar-refractivity contribution in [1.29, 1.82) is 0 Å². The molecule has 1 amide bonds. The lowest BCUT2D eigenvalue weighted by molar-refractivity contribution is 0.0770. The van der Waals surface area contributed by atoms with Crippen LogP contribution in [0.15, 0.2) is 35.6 Å². The number of benzene rings is 1. The summed E-state index contributed by atoms with van der Waals surface area (Å²) >= 11 is 1.45. The van der Waals surface area contributed by atoms with E-state index in [4.69, 9.17) is 0 Å². The van der Waals surface area contributed by atoms with Crippen LogP contribution in [-0.4, -0.2) is 40.2 Å². The highest BCUT2D eigenvalue weighted by atomic mass is 32.2. The Balaban J connectivity index is 2.43. The second-order valence-corrected chi connectivity index (χ2v) is 6.29. The molecule has 0 saturated heterocycles. The molecule has 1 heterocycles. The summed E-state index contributed by atoms with van der Waals surface area (Å²) < 4.78 is 14.9. The summed E-state index contributed by atoms with van der Waals surface area (Å²) in [6.45, 7) is 4.80. The van der Waals surface area contributed by atoms with Gasteiger partial charge in [-0.2, -0.15) is 0 Å². The van der Waals surface area contributed by atoms with Gasteiger partial charge >= 0.3 is 0 Å². The summed E-state index contributed by atoms with van der Waals surface area (Å²) in [5.41, 5.74) is 1.21. The van der Waals surface area contributed by atoms with Gasteiger partial charge < -0.3 is 4.90 Å². The van der Waals surface area contributed by atoms with E-state index in [-0.39, 0.29) is 11.7 Å². The molecule has 0 spiro atoms. The Morgan fingerprint density at radius 2 is 2.00 bits per heavy atom. The summed E-state index contributed by atoms with van der Waals surface area (Å²) in [6, 6.07) is 6.06. The van der Waals surface area contributed by atoms with Crippen LogP contribution in [0.1, 0.15) is 24.3 Å². The molecule has 0 aliphatic heterocycles. The number of carbonyl (C=O) groups is 1. The molecule has 0 radical (unpaired) electrons. The predicted octanol–water partition coefficient (Wildman–Crippen LogP) is 3.46. The van der Waals surface area contributed by atoms with Crippen LogP contribution in [0.5, 0.6) is 0 Å². The summed E-state index contributed by atoms with van der Waals surface area (Å²) in [4.78, 5) is 18.6. The van der Waals surface area contributed by atoms with Crippen molar-refractivity contribution < 1.29 is 9.18 Å². The number of imidazole rings is 1. The fourth-order valence-electron chi connectivity index (χ4n) is 2.30. The van der Waals surface area contributed by atoms with E-state index >= 15 is 0 Å². The molecule has 0 N–H and O–H groups in total. The lowest BCUT2D eigenvalue weighted by Crippen LogP contribution is -2.31. The van der Waals surface area contributed by atoms with Gasteiger partial charge in [-0.05, 0) is 36.4 Å². The molecular formula is C16H20FN3OS. The van der Waals surface area contributed by atoms with Gasteiger partial charge in [0.05, 0.1) is 6.20 Å². The third kappa shape index (κ3) is 3.50. The standard InChI is InChI=1S/C16H20FN3OS/c1-11(2)10-19(3)15(21)14-9-18-16(22-4)20(14)13-7-5-12(17)6-8-13/h5-9,11H,10H2,1-4H3. The van der Waals surface area contributed by atoms with Gasteiger partial charge in [0, 0.05) is 19.3 Å². The Hall–Kier alpha value is -1.82. The monoisotopic (exact) mass is 321 g/mol. The van der Waals surface area contributed by atoms with Crippen molar-refractivity contribution in [2.24, 2.45) is 5.92 Å². The third-order valence-corrected chi connectivity index (χ3v) is 3.85. The Labute approximate surface area is 134 Å². The molecular weight excluding hydrogens is 301 g/mol. The summed E-state index contributed by atoms with van der Waals surface area (Å²) in [5, 5.41) is 0.702. The van der Waals surface area contributed by atoms with Gasteiger partial charge in [-0.3, -0.25) is 9.36 Å². The van der Waals surface area contributed by atoms with E-state index in [0.29, 0.717) is 23.3 Å². The van der Waals surface area contributed by atoms with Gasteiger partial charge in [-0.15, -0.1) is 0 Å². The molecule has 1 aromatic heterocycles. The van der Waals surface area contributed by atoms with Crippen molar-refractivity contribution in [3.05, 3.63) is 42.0 Å². The summed E-state index contributed by atoms with van der Waals surface area (Å²) in [7, 11) is 1.78. The molecule has 2 aromatic rings. The number of halogens is 1. The average molecular weight is 321 g/mol. The van der Waals surface area contributed by atoms with E-state index in [1.807, 2.05) is 6.26 Å². The van der Waals surface area contributed by atoms with E-state index in [9.17, 15) is 9.18 Å². The maximum atomic E-state index is 13.1. The zero-order valence-corrected chi connectivity index (χ0v) is 14.0. The van der Waals surface area contributed by atoms with Gasteiger partial charge in [-0.1, -0.05) is 25.6 Å². The lowest BCUT2D eigenvalue weighted by atomic mass is 10.2. The number of hydrogen-bond acceptors (Lipinski definition) is 3. The molecule has 2 rings (SSSR count). The zero-order chi connectivity index (χ0) is 16.3. The SMILES string of the molecule is CSc1ncc(C(=O)N(C)CC(C)C)n1-c1ccc(F)cc1. The van der Waals surface area contributed by atoms with Crippen LogP contribution in [0.25, 0.3) is 5.69 Å². The first-order valence-electron chi connectivity index (χ1n) is 7.07. The van der Waals surface area contributed by atoms with Crippen LogP contribution in [0.4, 0.5) is 4.39 Å². The number of amides is 1. The fraction of sp³-hybridized carbons (Fsp3) is 0.375. The largest absolute Gasteiger partial charge is 0.340 e. The van der Waals surface area contributed by atoms with Crippen LogP contribution < -0.4 is 0 Å². The zero-order valence-electron chi connectivity index (χ0n) is 13.2. The van der Waals surface area contributed by atoms with E-state index in [0.717, 1.165) is 5.69 Å². The van der Waals surface area contributed by atoms with E-state index in [1.165, 1.54) is 23.9 Å². The van der Waals surface area contributed by atoms with Crippen molar-refractivity contribution in [2.45, 2.75) is 19.0 Å².